The summed E-state index contributed by atoms with van der Waals surface area (Å²) in [5.41, 5.74) is 6.22. The lowest BCUT2D eigenvalue weighted by molar-refractivity contribution is -0.131. The third-order valence-electron chi connectivity index (χ3n) is 4.43. The van der Waals surface area contributed by atoms with Crippen LogP contribution in [0.15, 0.2) is 18.2 Å². The van der Waals surface area contributed by atoms with E-state index < -0.39 is 0 Å². The maximum atomic E-state index is 12.6. The minimum atomic E-state index is -0.344. The van der Waals surface area contributed by atoms with Crippen molar-refractivity contribution in [1.82, 2.24) is 4.90 Å². The highest BCUT2D eigenvalue weighted by Gasteiger charge is 2.30. The van der Waals surface area contributed by atoms with Crippen LogP contribution in [-0.4, -0.2) is 48.0 Å². The predicted octanol–water partition coefficient (Wildman–Crippen LogP) is 2.12. The van der Waals surface area contributed by atoms with Crippen LogP contribution in [0, 0.1) is 0 Å². The van der Waals surface area contributed by atoms with Crippen molar-refractivity contribution in [2.24, 2.45) is 5.73 Å². The first-order chi connectivity index (χ1) is 12.1. The molecule has 2 N–H and O–H groups in total. The third kappa shape index (κ3) is 4.60. The maximum absolute atomic E-state index is 12.6. The topological polar surface area (TPSA) is 81.9 Å². The molecule has 25 heavy (non-hydrogen) atoms. The molecular weight excluding hydrogens is 340 g/mol. The first kappa shape index (κ1) is 17.9. The van der Waals surface area contributed by atoms with Gasteiger partial charge in [0.25, 0.3) is 0 Å². The Bertz CT molecular complexity index is 638. The van der Waals surface area contributed by atoms with Crippen molar-refractivity contribution in [1.29, 1.82) is 0 Å². The number of carbonyl (C=O) groups is 2. The second-order valence-corrected chi connectivity index (χ2v) is 7.38. The van der Waals surface area contributed by atoms with E-state index in [9.17, 15) is 9.59 Å². The van der Waals surface area contributed by atoms with Gasteiger partial charge in [-0.15, -0.1) is 0 Å². The van der Waals surface area contributed by atoms with Gasteiger partial charge in [0.05, 0.1) is 25.0 Å². The molecule has 7 heteroatoms. The molecule has 0 saturated carbocycles. The number of ether oxygens (including phenoxy) is 2. The van der Waals surface area contributed by atoms with Gasteiger partial charge in [0.1, 0.15) is 0 Å². The summed E-state index contributed by atoms with van der Waals surface area (Å²) in [5, 5.41) is 0. The summed E-state index contributed by atoms with van der Waals surface area (Å²) in [4.78, 5) is 25.3. The fourth-order valence-electron chi connectivity index (χ4n) is 3.27. The number of hydrogen-bond acceptors (Lipinski definition) is 5. The van der Waals surface area contributed by atoms with Crippen LogP contribution in [-0.2, 0) is 9.59 Å². The number of thioether (sulfide) groups is 1. The van der Waals surface area contributed by atoms with Crippen LogP contribution in [0.5, 0.6) is 11.5 Å². The Morgan fingerprint density at radius 3 is 2.80 bits per heavy atom. The predicted molar refractivity (Wildman–Crippen MR) is 96.9 cm³/mol. The number of primary amides is 1. The van der Waals surface area contributed by atoms with E-state index in [1.165, 1.54) is 11.8 Å². The minimum Gasteiger partial charge on any atom is -0.490 e. The second kappa shape index (κ2) is 8.47. The third-order valence-corrected chi connectivity index (χ3v) is 5.42. The van der Waals surface area contributed by atoms with Crippen LogP contribution in [0.2, 0.25) is 0 Å². The minimum absolute atomic E-state index is 0.0887. The number of carbonyl (C=O) groups excluding carboxylic acids is 2. The molecule has 1 fully saturated rings. The van der Waals surface area contributed by atoms with Crippen LogP contribution >= 0.6 is 11.8 Å². The zero-order valence-corrected chi connectivity index (χ0v) is 15.1. The molecule has 0 spiro atoms. The van der Waals surface area contributed by atoms with Crippen molar-refractivity contribution in [3.05, 3.63) is 23.8 Å². The number of likely N-dealkylation sites (tertiary alicyclic amines) is 1. The van der Waals surface area contributed by atoms with Crippen molar-refractivity contribution in [3.8, 4) is 11.5 Å². The fourth-order valence-corrected chi connectivity index (χ4v) is 3.94. The first-order valence-electron chi connectivity index (χ1n) is 8.70. The van der Waals surface area contributed by atoms with Gasteiger partial charge in [-0.05, 0) is 30.5 Å². The van der Waals surface area contributed by atoms with E-state index in [1.807, 2.05) is 23.1 Å². The van der Waals surface area contributed by atoms with E-state index in [0.29, 0.717) is 25.4 Å². The molecule has 2 aliphatic rings. The van der Waals surface area contributed by atoms with E-state index in [-0.39, 0.29) is 23.6 Å². The van der Waals surface area contributed by atoms with Crippen LogP contribution in [0.4, 0.5) is 0 Å². The van der Waals surface area contributed by atoms with Gasteiger partial charge < -0.3 is 20.1 Å². The molecule has 2 amide bonds. The molecule has 136 valence electrons. The number of fused-ring (bicyclic) bond motifs is 1. The lowest BCUT2D eigenvalue weighted by atomic mass is 10.0. The number of nitrogens with zero attached hydrogens (tertiary/aromatic N) is 1. The number of amides is 2. The van der Waals surface area contributed by atoms with Gasteiger partial charge >= 0.3 is 0 Å². The van der Waals surface area contributed by atoms with Crippen molar-refractivity contribution < 1.29 is 19.1 Å². The summed E-state index contributed by atoms with van der Waals surface area (Å²) in [6.45, 7) is 2.10. The van der Waals surface area contributed by atoms with Gasteiger partial charge in [-0.2, -0.15) is 11.8 Å². The Balaban J connectivity index is 1.64. The van der Waals surface area contributed by atoms with Crippen molar-refractivity contribution >= 4 is 23.6 Å². The van der Waals surface area contributed by atoms with Crippen molar-refractivity contribution in [2.45, 2.75) is 31.7 Å². The normalized spacial score (nSPS) is 19.5. The smallest absolute Gasteiger partial charge is 0.227 e. The molecule has 2 heterocycles. The summed E-state index contributed by atoms with van der Waals surface area (Å²) < 4.78 is 11.4. The van der Waals surface area contributed by atoms with Gasteiger partial charge in [-0.3, -0.25) is 9.59 Å². The lowest BCUT2D eigenvalue weighted by Crippen LogP contribution is -2.30. The fraction of sp³-hybridized carbons (Fsp3) is 0.556. The molecule has 0 bridgehead atoms. The summed E-state index contributed by atoms with van der Waals surface area (Å²) in [7, 11) is 0. The Morgan fingerprint density at radius 2 is 2.00 bits per heavy atom. The Morgan fingerprint density at radius 1 is 1.20 bits per heavy atom. The molecule has 0 unspecified atom stereocenters. The number of hydrogen-bond donors (Lipinski definition) is 1. The highest BCUT2D eigenvalue weighted by atomic mass is 32.2. The van der Waals surface area contributed by atoms with E-state index in [0.717, 1.165) is 42.9 Å². The summed E-state index contributed by atoms with van der Waals surface area (Å²) in [6.07, 6.45) is 3.26. The summed E-state index contributed by atoms with van der Waals surface area (Å²) in [5.74, 6) is 2.21. The van der Waals surface area contributed by atoms with Gasteiger partial charge in [0.15, 0.2) is 11.5 Å². The van der Waals surface area contributed by atoms with E-state index in [4.69, 9.17) is 15.2 Å². The van der Waals surface area contributed by atoms with E-state index in [1.54, 1.807) is 0 Å². The average Bonchev–Trinajstić information content (AvgIpc) is 2.97. The average molecular weight is 364 g/mol. The van der Waals surface area contributed by atoms with Crippen LogP contribution in [0.3, 0.4) is 0 Å². The first-order valence-corrected chi connectivity index (χ1v) is 9.85. The number of rotatable bonds is 6. The van der Waals surface area contributed by atoms with Crippen LogP contribution in [0.1, 0.15) is 37.3 Å². The molecule has 1 saturated heterocycles. The summed E-state index contributed by atoms with van der Waals surface area (Å²) in [6, 6.07) is 6.08. The molecule has 0 aliphatic carbocycles. The van der Waals surface area contributed by atoms with Gasteiger partial charge in [0, 0.05) is 25.1 Å². The molecule has 2 aliphatic heterocycles. The molecule has 3 rings (SSSR count). The second-order valence-electron chi connectivity index (χ2n) is 6.27. The molecule has 1 atom stereocenters. The molecule has 1 aromatic carbocycles. The maximum Gasteiger partial charge on any atom is 0.227 e. The Labute approximate surface area is 152 Å². The van der Waals surface area contributed by atoms with Crippen molar-refractivity contribution in [2.75, 3.05) is 31.3 Å². The van der Waals surface area contributed by atoms with Crippen LogP contribution in [0.25, 0.3) is 0 Å². The number of nitrogens with two attached hydrogens (primary N) is 1. The lowest BCUT2D eigenvalue weighted by Gasteiger charge is -2.25. The monoisotopic (exact) mass is 364 g/mol. The Hall–Kier alpha value is -1.89. The van der Waals surface area contributed by atoms with E-state index in [2.05, 4.69) is 0 Å². The molecule has 0 aromatic heterocycles. The molecular formula is C18H24N2O4S. The molecule has 0 radical (unpaired) electrons. The summed E-state index contributed by atoms with van der Waals surface area (Å²) >= 11 is 1.41. The van der Waals surface area contributed by atoms with E-state index >= 15 is 0 Å². The highest BCUT2D eigenvalue weighted by Crippen LogP contribution is 2.38. The number of benzene rings is 1. The molecule has 6 nitrogen and oxygen atoms in total. The van der Waals surface area contributed by atoms with Gasteiger partial charge in [-0.1, -0.05) is 6.07 Å². The standard InChI is InChI=1S/C18H24N2O4S/c19-17(21)12-25-10-6-18(22)20-7-1-3-14(20)13-4-5-15-16(11-13)24-9-2-8-23-15/h4-5,11,14H,1-3,6-10,12H2,(H2,19,21)/t14-/m1/s1. The van der Waals surface area contributed by atoms with Gasteiger partial charge in [-0.25, -0.2) is 0 Å². The van der Waals surface area contributed by atoms with Crippen molar-refractivity contribution in [3.63, 3.8) is 0 Å². The Kier molecular flexibility index (Phi) is 6.07. The quantitative estimate of drug-likeness (QED) is 0.782. The highest BCUT2D eigenvalue weighted by molar-refractivity contribution is 7.99. The zero-order valence-electron chi connectivity index (χ0n) is 14.2. The zero-order chi connectivity index (χ0) is 17.6. The van der Waals surface area contributed by atoms with Crippen LogP contribution < -0.4 is 15.2 Å². The van der Waals surface area contributed by atoms with Gasteiger partial charge in [0.2, 0.25) is 11.8 Å². The molecule has 1 aromatic rings. The SMILES string of the molecule is NC(=O)CSCCC(=O)N1CCC[C@@H]1c1ccc2c(c1)OCCCO2. The largest absolute Gasteiger partial charge is 0.490 e.